The van der Waals surface area contributed by atoms with Crippen molar-refractivity contribution in [1.82, 2.24) is 10.2 Å². The lowest BCUT2D eigenvalue weighted by atomic mass is 9.89. The standard InChI is InChI=1S/C23H28FN3O/c1-26(2)20-9-6-16(7-10-20)8-11-22(28)27-15-18-13-25-14-21(18)23(27)17-4-3-5-19(24)12-17/h3-7,9-10,12,18,21,23,25H,8,11,13-15H2,1-2H3/t18-,21-,23+/m0/s1. The highest BCUT2D eigenvalue weighted by molar-refractivity contribution is 5.77. The van der Waals surface area contributed by atoms with E-state index in [9.17, 15) is 9.18 Å². The summed E-state index contributed by atoms with van der Waals surface area (Å²) in [5, 5.41) is 3.43. The Kier molecular flexibility index (Phi) is 5.36. The number of anilines is 1. The molecule has 2 heterocycles. The van der Waals surface area contributed by atoms with Gasteiger partial charge in [-0.25, -0.2) is 4.39 Å². The molecule has 0 bridgehead atoms. The zero-order chi connectivity index (χ0) is 19.7. The quantitative estimate of drug-likeness (QED) is 0.864. The Balaban J connectivity index is 1.47. The van der Waals surface area contributed by atoms with Gasteiger partial charge in [0.25, 0.3) is 0 Å². The third-order valence-corrected chi connectivity index (χ3v) is 6.16. The average molecular weight is 381 g/mol. The van der Waals surface area contributed by atoms with Gasteiger partial charge in [-0.3, -0.25) is 4.79 Å². The number of hydrogen-bond acceptors (Lipinski definition) is 3. The largest absolute Gasteiger partial charge is 0.378 e. The number of hydrogen-bond donors (Lipinski definition) is 1. The number of fused-ring (bicyclic) bond motifs is 1. The van der Waals surface area contributed by atoms with Crippen LogP contribution in [0.1, 0.15) is 23.6 Å². The van der Waals surface area contributed by atoms with Gasteiger partial charge >= 0.3 is 0 Å². The normalized spacial score (nSPS) is 23.7. The van der Waals surface area contributed by atoms with Crippen LogP contribution in [-0.2, 0) is 11.2 Å². The van der Waals surface area contributed by atoms with Crippen molar-refractivity contribution in [3.8, 4) is 0 Å². The maximum atomic E-state index is 13.8. The molecule has 28 heavy (non-hydrogen) atoms. The number of rotatable bonds is 5. The van der Waals surface area contributed by atoms with E-state index in [1.807, 2.05) is 25.1 Å². The first-order valence-electron chi connectivity index (χ1n) is 10.0. The minimum atomic E-state index is -0.236. The number of benzene rings is 2. The van der Waals surface area contributed by atoms with E-state index in [0.29, 0.717) is 18.3 Å². The van der Waals surface area contributed by atoms with Gasteiger partial charge in [0.15, 0.2) is 0 Å². The van der Waals surface area contributed by atoms with Crippen molar-refractivity contribution in [1.29, 1.82) is 0 Å². The molecular formula is C23H28FN3O. The fraction of sp³-hybridized carbons (Fsp3) is 0.435. The van der Waals surface area contributed by atoms with E-state index in [2.05, 4.69) is 34.5 Å². The van der Waals surface area contributed by atoms with Gasteiger partial charge in [-0.15, -0.1) is 0 Å². The van der Waals surface area contributed by atoms with Gasteiger partial charge in [-0.1, -0.05) is 24.3 Å². The van der Waals surface area contributed by atoms with Gasteiger partial charge in [0.1, 0.15) is 5.82 Å². The second-order valence-electron chi connectivity index (χ2n) is 8.19. The third-order valence-electron chi connectivity index (χ3n) is 6.16. The molecule has 2 aromatic carbocycles. The van der Waals surface area contributed by atoms with Crippen LogP contribution in [0.15, 0.2) is 48.5 Å². The van der Waals surface area contributed by atoms with Crippen LogP contribution in [0.4, 0.5) is 10.1 Å². The molecule has 2 aliphatic rings. The summed E-state index contributed by atoms with van der Waals surface area (Å²) in [5.41, 5.74) is 3.24. The molecule has 2 fully saturated rings. The van der Waals surface area contributed by atoms with Gasteiger partial charge in [0.05, 0.1) is 6.04 Å². The average Bonchev–Trinajstić information content (AvgIpc) is 3.27. The molecule has 1 N–H and O–H groups in total. The molecule has 3 atom stereocenters. The van der Waals surface area contributed by atoms with Crippen molar-refractivity contribution in [3.63, 3.8) is 0 Å². The summed E-state index contributed by atoms with van der Waals surface area (Å²) in [7, 11) is 4.04. The fourth-order valence-electron chi connectivity index (χ4n) is 4.65. The molecule has 148 valence electrons. The maximum Gasteiger partial charge on any atom is 0.223 e. The number of carbonyl (C=O) groups is 1. The van der Waals surface area contributed by atoms with Crippen LogP contribution in [0.2, 0.25) is 0 Å². The highest BCUT2D eigenvalue weighted by Gasteiger charge is 2.46. The van der Waals surface area contributed by atoms with Crippen molar-refractivity contribution >= 4 is 11.6 Å². The highest BCUT2D eigenvalue weighted by atomic mass is 19.1. The fourth-order valence-corrected chi connectivity index (χ4v) is 4.65. The minimum Gasteiger partial charge on any atom is -0.378 e. The Morgan fingerprint density at radius 2 is 1.96 bits per heavy atom. The molecule has 0 spiro atoms. The molecule has 4 nitrogen and oxygen atoms in total. The lowest BCUT2D eigenvalue weighted by Gasteiger charge is -2.28. The summed E-state index contributed by atoms with van der Waals surface area (Å²) in [6.45, 7) is 2.59. The molecule has 2 aliphatic heterocycles. The summed E-state index contributed by atoms with van der Waals surface area (Å²) < 4.78 is 13.8. The van der Waals surface area contributed by atoms with E-state index >= 15 is 0 Å². The van der Waals surface area contributed by atoms with Gasteiger partial charge in [-0.05, 0) is 47.7 Å². The van der Waals surface area contributed by atoms with Gasteiger partial charge in [-0.2, -0.15) is 0 Å². The van der Waals surface area contributed by atoms with E-state index in [4.69, 9.17) is 0 Å². The molecular weight excluding hydrogens is 353 g/mol. The second-order valence-corrected chi connectivity index (χ2v) is 8.19. The van der Waals surface area contributed by atoms with E-state index in [1.54, 1.807) is 12.1 Å². The summed E-state index contributed by atoms with van der Waals surface area (Å²) in [5.74, 6) is 0.752. The lowest BCUT2D eigenvalue weighted by molar-refractivity contribution is -0.132. The topological polar surface area (TPSA) is 35.6 Å². The van der Waals surface area contributed by atoms with Crippen LogP contribution in [-0.4, -0.2) is 44.5 Å². The molecule has 1 amide bonds. The van der Waals surface area contributed by atoms with Crippen molar-refractivity contribution in [2.45, 2.75) is 18.9 Å². The van der Waals surface area contributed by atoms with Crippen LogP contribution in [0.5, 0.6) is 0 Å². The number of amides is 1. The summed E-state index contributed by atoms with van der Waals surface area (Å²) >= 11 is 0. The Hall–Kier alpha value is -2.40. The Bertz CT molecular complexity index is 836. The van der Waals surface area contributed by atoms with Crippen molar-refractivity contribution < 1.29 is 9.18 Å². The molecule has 0 unspecified atom stereocenters. The van der Waals surface area contributed by atoms with Gasteiger partial charge in [0.2, 0.25) is 5.91 Å². The zero-order valence-corrected chi connectivity index (χ0v) is 16.6. The van der Waals surface area contributed by atoms with Crippen LogP contribution in [0, 0.1) is 17.7 Å². The molecule has 0 aromatic heterocycles. The number of likely N-dealkylation sites (tertiary alicyclic amines) is 1. The Labute approximate surface area is 166 Å². The molecule has 4 rings (SSSR count). The predicted molar refractivity (Wildman–Crippen MR) is 110 cm³/mol. The van der Waals surface area contributed by atoms with E-state index in [0.717, 1.165) is 37.3 Å². The minimum absolute atomic E-state index is 0.0284. The number of nitrogens with zero attached hydrogens (tertiary/aromatic N) is 2. The van der Waals surface area contributed by atoms with Crippen LogP contribution < -0.4 is 10.2 Å². The summed E-state index contributed by atoms with van der Waals surface area (Å²) in [6, 6.07) is 15.1. The number of carbonyl (C=O) groups excluding carboxylic acids is 1. The maximum absolute atomic E-state index is 13.8. The van der Waals surface area contributed by atoms with Crippen LogP contribution in [0.25, 0.3) is 0 Å². The summed E-state index contributed by atoms with van der Waals surface area (Å²) in [4.78, 5) is 17.2. The first-order chi connectivity index (χ1) is 13.5. The molecule has 2 aromatic rings. The van der Waals surface area contributed by atoms with E-state index < -0.39 is 0 Å². The monoisotopic (exact) mass is 381 g/mol. The van der Waals surface area contributed by atoms with Crippen molar-refractivity contribution in [3.05, 3.63) is 65.5 Å². The number of aryl methyl sites for hydroxylation is 1. The Morgan fingerprint density at radius 3 is 2.68 bits per heavy atom. The molecule has 2 saturated heterocycles. The van der Waals surface area contributed by atoms with Crippen LogP contribution >= 0.6 is 0 Å². The van der Waals surface area contributed by atoms with E-state index in [1.165, 1.54) is 11.6 Å². The van der Waals surface area contributed by atoms with Crippen LogP contribution in [0.3, 0.4) is 0 Å². The third kappa shape index (κ3) is 3.76. The number of halogens is 1. The first kappa shape index (κ1) is 18.9. The second kappa shape index (κ2) is 7.92. The first-order valence-corrected chi connectivity index (χ1v) is 10.0. The predicted octanol–water partition coefficient (Wildman–Crippen LogP) is 3.24. The van der Waals surface area contributed by atoms with E-state index in [-0.39, 0.29) is 17.8 Å². The summed E-state index contributed by atoms with van der Waals surface area (Å²) in [6.07, 6.45) is 1.21. The van der Waals surface area contributed by atoms with Gasteiger partial charge in [0, 0.05) is 51.8 Å². The molecule has 0 aliphatic carbocycles. The van der Waals surface area contributed by atoms with Gasteiger partial charge < -0.3 is 15.1 Å². The molecule has 5 heteroatoms. The highest BCUT2D eigenvalue weighted by Crippen LogP contribution is 2.43. The number of nitrogens with one attached hydrogen (secondary N) is 1. The zero-order valence-electron chi connectivity index (χ0n) is 16.6. The Morgan fingerprint density at radius 1 is 1.18 bits per heavy atom. The van der Waals surface area contributed by atoms with Crippen molar-refractivity contribution in [2.75, 3.05) is 38.6 Å². The molecule has 0 radical (unpaired) electrons. The SMILES string of the molecule is CN(C)c1ccc(CCC(=O)N2C[C@@H]3CNC[C@@H]3[C@H]2c2cccc(F)c2)cc1. The van der Waals surface area contributed by atoms with Crippen molar-refractivity contribution in [2.24, 2.45) is 11.8 Å². The smallest absolute Gasteiger partial charge is 0.223 e. The molecule has 0 saturated carbocycles. The lowest BCUT2D eigenvalue weighted by Crippen LogP contribution is -2.34.